The Labute approximate surface area is 268 Å². The van der Waals surface area contributed by atoms with E-state index < -0.39 is 17.5 Å². The van der Waals surface area contributed by atoms with Gasteiger partial charge < -0.3 is 25.6 Å². The lowest BCUT2D eigenvalue weighted by Gasteiger charge is -2.31. The van der Waals surface area contributed by atoms with Crippen molar-refractivity contribution in [3.8, 4) is 0 Å². The Hall–Kier alpha value is -3.75. The molecule has 8 heteroatoms. The van der Waals surface area contributed by atoms with E-state index in [1.54, 1.807) is 4.90 Å². The van der Waals surface area contributed by atoms with Gasteiger partial charge in [0.2, 0.25) is 17.7 Å². The molecule has 8 nitrogen and oxygen atoms in total. The first-order valence-electron chi connectivity index (χ1n) is 16.2. The summed E-state index contributed by atoms with van der Waals surface area (Å²) in [7, 11) is 0. The molecule has 1 heterocycles. The van der Waals surface area contributed by atoms with Crippen LogP contribution in [-0.2, 0) is 32.1 Å². The monoisotopic (exact) mass is 614 g/mol. The van der Waals surface area contributed by atoms with Gasteiger partial charge in [0.05, 0.1) is 12.2 Å². The number of ether oxygens (including phenoxy) is 1. The molecule has 0 radical (unpaired) electrons. The van der Waals surface area contributed by atoms with Gasteiger partial charge >= 0.3 is 0 Å². The van der Waals surface area contributed by atoms with Gasteiger partial charge in [-0.1, -0.05) is 93.6 Å². The maximum absolute atomic E-state index is 13.6. The Morgan fingerprint density at radius 1 is 0.889 bits per heavy atom. The molecule has 242 valence electrons. The summed E-state index contributed by atoms with van der Waals surface area (Å²) in [4.78, 5) is 41.8. The van der Waals surface area contributed by atoms with Gasteiger partial charge in [-0.15, -0.1) is 0 Å². The molecular formula is C37H50N4O4. The van der Waals surface area contributed by atoms with Gasteiger partial charge in [-0.05, 0) is 61.6 Å². The second-order valence-electron chi connectivity index (χ2n) is 13.7. The van der Waals surface area contributed by atoms with E-state index in [0.717, 1.165) is 34.7 Å². The van der Waals surface area contributed by atoms with Crippen LogP contribution in [0.1, 0.15) is 65.0 Å². The molecule has 3 aromatic carbocycles. The van der Waals surface area contributed by atoms with Gasteiger partial charge in [0.25, 0.3) is 0 Å². The first-order valence-corrected chi connectivity index (χ1v) is 16.2. The SMILES string of the molecule is CC(C)(CNCCCNC(=O)C(Cc1ccc2ccccc2c1)NC(=O)C1CCCN1C(=O)C(C)(C)C)OCc1ccccc1. The van der Waals surface area contributed by atoms with E-state index in [-0.39, 0.29) is 23.3 Å². The van der Waals surface area contributed by atoms with Crippen molar-refractivity contribution >= 4 is 28.5 Å². The number of amides is 3. The molecule has 0 bridgehead atoms. The molecule has 3 N–H and O–H groups in total. The van der Waals surface area contributed by atoms with Gasteiger partial charge in [0, 0.05) is 31.5 Å². The summed E-state index contributed by atoms with van der Waals surface area (Å²) in [6.45, 7) is 12.7. The van der Waals surface area contributed by atoms with Crippen LogP contribution in [0.2, 0.25) is 0 Å². The highest BCUT2D eigenvalue weighted by Crippen LogP contribution is 2.26. The highest BCUT2D eigenvalue weighted by Gasteiger charge is 2.39. The average molecular weight is 615 g/mol. The Kier molecular flexibility index (Phi) is 11.8. The fourth-order valence-corrected chi connectivity index (χ4v) is 5.63. The van der Waals surface area contributed by atoms with Crippen LogP contribution in [0, 0.1) is 5.41 Å². The predicted molar refractivity (Wildman–Crippen MR) is 180 cm³/mol. The molecule has 4 rings (SSSR count). The van der Waals surface area contributed by atoms with Crippen LogP contribution in [0.4, 0.5) is 0 Å². The first kappa shape index (κ1) is 34.1. The lowest BCUT2D eigenvalue weighted by Crippen LogP contribution is -2.55. The van der Waals surface area contributed by atoms with Crippen molar-refractivity contribution in [2.45, 2.75) is 84.6 Å². The van der Waals surface area contributed by atoms with Crippen LogP contribution in [0.25, 0.3) is 10.8 Å². The molecular weight excluding hydrogens is 564 g/mol. The Morgan fingerprint density at radius 2 is 1.60 bits per heavy atom. The van der Waals surface area contributed by atoms with Gasteiger partial charge in [-0.3, -0.25) is 14.4 Å². The third-order valence-electron chi connectivity index (χ3n) is 8.20. The van der Waals surface area contributed by atoms with E-state index in [2.05, 4.69) is 54.1 Å². The third kappa shape index (κ3) is 10.1. The van der Waals surface area contributed by atoms with E-state index in [4.69, 9.17) is 4.74 Å². The summed E-state index contributed by atoms with van der Waals surface area (Å²) in [5.74, 6) is -0.544. The number of carbonyl (C=O) groups is 3. The topological polar surface area (TPSA) is 99.8 Å². The Morgan fingerprint density at radius 3 is 2.33 bits per heavy atom. The molecule has 0 saturated carbocycles. The summed E-state index contributed by atoms with van der Waals surface area (Å²) >= 11 is 0. The summed E-state index contributed by atoms with van der Waals surface area (Å²) in [5.41, 5.74) is 1.18. The fourth-order valence-electron chi connectivity index (χ4n) is 5.63. The minimum atomic E-state index is -0.760. The zero-order chi connectivity index (χ0) is 32.5. The first-order chi connectivity index (χ1) is 21.4. The number of nitrogens with one attached hydrogen (secondary N) is 3. The summed E-state index contributed by atoms with van der Waals surface area (Å²) in [5, 5.41) is 11.7. The highest BCUT2D eigenvalue weighted by molar-refractivity contribution is 5.93. The maximum atomic E-state index is 13.6. The van der Waals surface area contributed by atoms with Crippen molar-refractivity contribution in [2.24, 2.45) is 5.41 Å². The van der Waals surface area contributed by atoms with Crippen LogP contribution in [0.15, 0.2) is 72.8 Å². The van der Waals surface area contributed by atoms with Gasteiger partial charge in [0.1, 0.15) is 12.1 Å². The van der Waals surface area contributed by atoms with Crippen molar-refractivity contribution in [3.05, 3.63) is 83.9 Å². The normalized spacial score (nSPS) is 16.0. The standard InChI is InChI=1S/C37H50N4O4/c1-36(2,3)35(44)41-22-11-17-32(41)34(43)40-31(24-28-18-19-29-15-9-10-16-30(29)23-28)33(42)39-21-12-20-38-26-37(4,5)45-25-27-13-7-6-8-14-27/h6-10,13-16,18-19,23,31-32,38H,11-12,17,20-22,24-26H2,1-5H3,(H,39,42)(H,40,43). The van der Waals surface area contributed by atoms with Crippen molar-refractivity contribution in [1.29, 1.82) is 0 Å². The maximum Gasteiger partial charge on any atom is 0.243 e. The van der Waals surface area contributed by atoms with Gasteiger partial charge in [-0.25, -0.2) is 0 Å². The molecule has 3 amide bonds. The van der Waals surface area contributed by atoms with Crippen molar-refractivity contribution < 1.29 is 19.1 Å². The number of carbonyl (C=O) groups excluding carboxylic acids is 3. The average Bonchev–Trinajstić information content (AvgIpc) is 3.51. The molecule has 1 saturated heterocycles. The molecule has 1 fully saturated rings. The number of benzene rings is 3. The molecule has 1 aliphatic heterocycles. The zero-order valence-corrected chi connectivity index (χ0v) is 27.5. The summed E-state index contributed by atoms with van der Waals surface area (Å²) in [6.07, 6.45) is 2.44. The van der Waals surface area contributed by atoms with Crippen LogP contribution < -0.4 is 16.0 Å². The second kappa shape index (κ2) is 15.5. The summed E-state index contributed by atoms with van der Waals surface area (Å²) in [6, 6.07) is 23.0. The highest BCUT2D eigenvalue weighted by atomic mass is 16.5. The number of hydrogen-bond acceptors (Lipinski definition) is 5. The lowest BCUT2D eigenvalue weighted by atomic mass is 9.94. The van der Waals surface area contributed by atoms with Crippen LogP contribution in [0.5, 0.6) is 0 Å². The van der Waals surface area contributed by atoms with E-state index in [1.165, 1.54) is 0 Å². The Bertz CT molecular complexity index is 1430. The molecule has 2 unspecified atom stereocenters. The number of nitrogens with zero attached hydrogens (tertiary/aromatic N) is 1. The van der Waals surface area contributed by atoms with Crippen LogP contribution in [0.3, 0.4) is 0 Å². The number of hydrogen-bond donors (Lipinski definition) is 3. The van der Waals surface area contributed by atoms with Gasteiger partial charge in [0.15, 0.2) is 0 Å². The van der Waals surface area contributed by atoms with Crippen molar-refractivity contribution in [2.75, 3.05) is 26.2 Å². The minimum absolute atomic E-state index is 0.0446. The number of likely N-dealkylation sites (tertiary alicyclic amines) is 1. The van der Waals surface area contributed by atoms with Crippen LogP contribution in [-0.4, -0.2) is 66.5 Å². The molecule has 2 atom stereocenters. The molecule has 3 aromatic rings. The van der Waals surface area contributed by atoms with Crippen LogP contribution >= 0.6 is 0 Å². The molecule has 0 aromatic heterocycles. The predicted octanol–water partition coefficient (Wildman–Crippen LogP) is 5.00. The van der Waals surface area contributed by atoms with E-state index in [9.17, 15) is 14.4 Å². The van der Waals surface area contributed by atoms with Crippen molar-refractivity contribution in [1.82, 2.24) is 20.9 Å². The lowest BCUT2D eigenvalue weighted by molar-refractivity contribution is -0.145. The molecule has 0 aliphatic carbocycles. The fraction of sp³-hybridized carbons (Fsp3) is 0.486. The largest absolute Gasteiger partial charge is 0.370 e. The zero-order valence-electron chi connectivity index (χ0n) is 27.5. The molecule has 0 spiro atoms. The van der Waals surface area contributed by atoms with E-state index >= 15 is 0 Å². The summed E-state index contributed by atoms with van der Waals surface area (Å²) < 4.78 is 6.10. The Balaban J connectivity index is 1.32. The smallest absolute Gasteiger partial charge is 0.243 e. The molecule has 45 heavy (non-hydrogen) atoms. The number of fused-ring (bicyclic) bond motifs is 1. The van der Waals surface area contributed by atoms with E-state index in [0.29, 0.717) is 45.6 Å². The van der Waals surface area contributed by atoms with E-state index in [1.807, 2.05) is 69.3 Å². The van der Waals surface area contributed by atoms with Gasteiger partial charge in [-0.2, -0.15) is 0 Å². The second-order valence-corrected chi connectivity index (χ2v) is 13.7. The third-order valence-corrected chi connectivity index (χ3v) is 8.20. The van der Waals surface area contributed by atoms with Crippen molar-refractivity contribution in [3.63, 3.8) is 0 Å². The number of rotatable bonds is 14. The minimum Gasteiger partial charge on any atom is -0.370 e. The molecule has 1 aliphatic rings. The quantitative estimate of drug-likeness (QED) is 0.222.